The van der Waals surface area contributed by atoms with Crippen LogP contribution in [0, 0.1) is 12.8 Å². The predicted molar refractivity (Wildman–Crippen MR) is 58.7 cm³/mol. The van der Waals surface area contributed by atoms with E-state index in [0.717, 1.165) is 24.1 Å². The summed E-state index contributed by atoms with van der Waals surface area (Å²) >= 11 is 0. The molecule has 1 aromatic heterocycles. The Bertz CT molecular complexity index is 431. The summed E-state index contributed by atoms with van der Waals surface area (Å²) in [6.07, 6.45) is 2.13. The van der Waals surface area contributed by atoms with Gasteiger partial charge in [-0.2, -0.15) is 0 Å². The van der Waals surface area contributed by atoms with Gasteiger partial charge in [-0.3, -0.25) is 4.79 Å². The number of aryl methyl sites for hydroxylation is 2. The number of hydrogen-bond donors (Lipinski definition) is 1. The molecule has 0 aliphatic heterocycles. The van der Waals surface area contributed by atoms with Crippen molar-refractivity contribution in [1.29, 1.82) is 0 Å². The minimum absolute atomic E-state index is 0.105. The van der Waals surface area contributed by atoms with Crippen LogP contribution in [0.2, 0.25) is 0 Å². The SMILES string of the molecule is COC(=O)C1CCc2nc(C)nc(N)c2C1. The van der Waals surface area contributed by atoms with Gasteiger partial charge in [-0.25, -0.2) is 9.97 Å². The van der Waals surface area contributed by atoms with E-state index in [9.17, 15) is 4.79 Å². The van der Waals surface area contributed by atoms with Crippen molar-refractivity contribution in [1.82, 2.24) is 9.97 Å². The maximum atomic E-state index is 11.5. The summed E-state index contributed by atoms with van der Waals surface area (Å²) in [4.78, 5) is 19.9. The third-order valence-electron chi connectivity index (χ3n) is 2.95. The Morgan fingerprint density at radius 3 is 2.94 bits per heavy atom. The Labute approximate surface area is 94.0 Å². The molecule has 0 radical (unpaired) electrons. The fourth-order valence-corrected chi connectivity index (χ4v) is 2.13. The summed E-state index contributed by atoms with van der Waals surface area (Å²) in [6.45, 7) is 1.82. The van der Waals surface area contributed by atoms with Gasteiger partial charge in [0.2, 0.25) is 0 Å². The van der Waals surface area contributed by atoms with Gasteiger partial charge in [0.05, 0.1) is 13.0 Å². The van der Waals surface area contributed by atoms with Crippen LogP contribution in [0.3, 0.4) is 0 Å². The molecule has 1 aliphatic carbocycles. The van der Waals surface area contributed by atoms with Crippen LogP contribution < -0.4 is 5.73 Å². The van der Waals surface area contributed by atoms with E-state index in [4.69, 9.17) is 10.5 Å². The lowest BCUT2D eigenvalue weighted by Crippen LogP contribution is -2.25. The minimum Gasteiger partial charge on any atom is -0.469 e. The molecule has 1 aliphatic rings. The highest BCUT2D eigenvalue weighted by Gasteiger charge is 2.28. The van der Waals surface area contributed by atoms with Crippen molar-refractivity contribution in [2.45, 2.75) is 26.2 Å². The second-order valence-corrected chi connectivity index (χ2v) is 4.04. The van der Waals surface area contributed by atoms with Crippen molar-refractivity contribution in [2.75, 3.05) is 12.8 Å². The van der Waals surface area contributed by atoms with E-state index in [-0.39, 0.29) is 11.9 Å². The Morgan fingerprint density at radius 2 is 2.25 bits per heavy atom. The number of nitrogens with two attached hydrogens (primary N) is 1. The second-order valence-electron chi connectivity index (χ2n) is 4.04. The molecule has 0 fully saturated rings. The van der Waals surface area contributed by atoms with Crippen molar-refractivity contribution in [3.63, 3.8) is 0 Å². The first kappa shape index (κ1) is 10.9. The van der Waals surface area contributed by atoms with Crippen molar-refractivity contribution >= 4 is 11.8 Å². The first-order chi connectivity index (χ1) is 7.61. The highest BCUT2D eigenvalue weighted by Crippen LogP contribution is 2.28. The topological polar surface area (TPSA) is 78.1 Å². The van der Waals surface area contributed by atoms with Crippen molar-refractivity contribution < 1.29 is 9.53 Å². The number of esters is 1. The number of aromatic nitrogens is 2. The van der Waals surface area contributed by atoms with Gasteiger partial charge in [-0.15, -0.1) is 0 Å². The summed E-state index contributed by atoms with van der Waals surface area (Å²) in [5, 5.41) is 0. The molecule has 0 bridgehead atoms. The van der Waals surface area contributed by atoms with Crippen LogP contribution in [-0.2, 0) is 22.4 Å². The molecule has 0 spiro atoms. The molecular weight excluding hydrogens is 206 g/mol. The third-order valence-corrected chi connectivity index (χ3v) is 2.95. The van der Waals surface area contributed by atoms with Crippen LogP contribution >= 0.6 is 0 Å². The number of fused-ring (bicyclic) bond motifs is 1. The van der Waals surface area contributed by atoms with Gasteiger partial charge in [0, 0.05) is 11.3 Å². The second kappa shape index (κ2) is 4.08. The minimum atomic E-state index is -0.175. The zero-order chi connectivity index (χ0) is 11.7. The number of nitrogens with zero attached hydrogens (tertiary/aromatic N) is 2. The van der Waals surface area contributed by atoms with Crippen LogP contribution in [-0.4, -0.2) is 23.0 Å². The average Bonchev–Trinajstić information content (AvgIpc) is 2.27. The maximum Gasteiger partial charge on any atom is 0.309 e. The largest absolute Gasteiger partial charge is 0.469 e. The molecular formula is C11H15N3O2. The van der Waals surface area contributed by atoms with E-state index in [1.165, 1.54) is 7.11 Å². The van der Waals surface area contributed by atoms with Gasteiger partial charge in [-0.05, 0) is 26.2 Å². The highest BCUT2D eigenvalue weighted by atomic mass is 16.5. The fraction of sp³-hybridized carbons (Fsp3) is 0.545. The molecule has 1 atom stereocenters. The number of rotatable bonds is 1. The van der Waals surface area contributed by atoms with Crippen LogP contribution in [0.4, 0.5) is 5.82 Å². The number of ether oxygens (including phenoxy) is 1. The standard InChI is InChI=1S/C11H15N3O2/c1-6-13-9-4-3-7(11(15)16-2)5-8(9)10(12)14-6/h7H,3-5H2,1-2H3,(H2,12,13,14). The molecule has 0 aromatic carbocycles. The van der Waals surface area contributed by atoms with E-state index in [1.54, 1.807) is 0 Å². The third kappa shape index (κ3) is 1.85. The number of hydrogen-bond acceptors (Lipinski definition) is 5. The van der Waals surface area contributed by atoms with Crippen LogP contribution in [0.1, 0.15) is 23.5 Å². The quantitative estimate of drug-likeness (QED) is 0.704. The van der Waals surface area contributed by atoms with E-state index in [1.807, 2.05) is 6.92 Å². The Morgan fingerprint density at radius 1 is 1.50 bits per heavy atom. The maximum absolute atomic E-state index is 11.5. The number of carbonyl (C=O) groups is 1. The van der Waals surface area contributed by atoms with E-state index in [2.05, 4.69) is 9.97 Å². The molecule has 5 nitrogen and oxygen atoms in total. The first-order valence-corrected chi connectivity index (χ1v) is 5.31. The monoisotopic (exact) mass is 221 g/mol. The molecule has 0 saturated heterocycles. The smallest absolute Gasteiger partial charge is 0.309 e. The molecule has 1 heterocycles. The van der Waals surface area contributed by atoms with Crippen LogP contribution in [0.5, 0.6) is 0 Å². The Kier molecular flexibility index (Phi) is 2.77. The molecule has 0 amide bonds. The van der Waals surface area contributed by atoms with Gasteiger partial charge in [0.15, 0.2) is 0 Å². The van der Waals surface area contributed by atoms with Crippen LogP contribution in [0.25, 0.3) is 0 Å². The van der Waals surface area contributed by atoms with Gasteiger partial charge in [0.25, 0.3) is 0 Å². The lowest BCUT2D eigenvalue weighted by Gasteiger charge is -2.22. The fourth-order valence-electron chi connectivity index (χ4n) is 2.13. The summed E-state index contributed by atoms with van der Waals surface area (Å²) in [6, 6.07) is 0. The number of nitrogen functional groups attached to an aromatic ring is 1. The molecule has 1 unspecified atom stereocenters. The van der Waals surface area contributed by atoms with Crippen molar-refractivity contribution in [3.05, 3.63) is 17.1 Å². The number of anilines is 1. The van der Waals surface area contributed by atoms with Crippen LogP contribution in [0.15, 0.2) is 0 Å². The van der Waals surface area contributed by atoms with E-state index < -0.39 is 0 Å². The lowest BCUT2D eigenvalue weighted by molar-refractivity contribution is -0.145. The van der Waals surface area contributed by atoms with Gasteiger partial charge in [-0.1, -0.05) is 0 Å². The average molecular weight is 221 g/mol. The molecule has 16 heavy (non-hydrogen) atoms. The summed E-state index contributed by atoms with van der Waals surface area (Å²) < 4.78 is 4.75. The molecule has 2 rings (SSSR count). The number of carbonyl (C=O) groups excluding carboxylic acids is 1. The summed E-state index contributed by atoms with van der Waals surface area (Å²) in [5.74, 6) is 0.903. The zero-order valence-electron chi connectivity index (χ0n) is 9.49. The molecule has 5 heteroatoms. The molecule has 1 aromatic rings. The zero-order valence-corrected chi connectivity index (χ0v) is 9.49. The number of methoxy groups -OCH3 is 1. The van der Waals surface area contributed by atoms with Gasteiger partial charge < -0.3 is 10.5 Å². The van der Waals surface area contributed by atoms with Gasteiger partial charge >= 0.3 is 5.97 Å². The van der Waals surface area contributed by atoms with E-state index >= 15 is 0 Å². The Hall–Kier alpha value is -1.65. The van der Waals surface area contributed by atoms with Crippen molar-refractivity contribution in [3.8, 4) is 0 Å². The van der Waals surface area contributed by atoms with Crippen molar-refractivity contribution in [2.24, 2.45) is 5.92 Å². The molecule has 86 valence electrons. The lowest BCUT2D eigenvalue weighted by atomic mass is 9.87. The molecule has 2 N–H and O–H groups in total. The highest BCUT2D eigenvalue weighted by molar-refractivity contribution is 5.73. The Balaban J connectivity index is 2.30. The predicted octanol–water partition coefficient (Wildman–Crippen LogP) is 0.645. The van der Waals surface area contributed by atoms with E-state index in [0.29, 0.717) is 18.1 Å². The molecule has 0 saturated carbocycles. The van der Waals surface area contributed by atoms with Gasteiger partial charge in [0.1, 0.15) is 11.6 Å². The summed E-state index contributed by atoms with van der Waals surface area (Å²) in [5.41, 5.74) is 7.73. The summed E-state index contributed by atoms with van der Waals surface area (Å²) in [7, 11) is 1.41. The first-order valence-electron chi connectivity index (χ1n) is 5.31. The normalized spacial score (nSPS) is 19.0.